The third-order valence-corrected chi connectivity index (χ3v) is 10.1. The number of amides is 2. The van der Waals surface area contributed by atoms with Crippen LogP contribution in [0.2, 0.25) is 0 Å². The van der Waals surface area contributed by atoms with Crippen molar-refractivity contribution in [1.29, 1.82) is 0 Å². The maximum absolute atomic E-state index is 13.8. The van der Waals surface area contributed by atoms with Crippen LogP contribution in [0, 0.1) is 6.92 Å². The van der Waals surface area contributed by atoms with Gasteiger partial charge in [-0.25, -0.2) is 0 Å². The number of hydrogen-bond acceptors (Lipinski definition) is 6. The van der Waals surface area contributed by atoms with E-state index in [1.54, 1.807) is 23.1 Å². The number of carbonyl (C=O) groups excluding carboxylic acids is 2. The van der Waals surface area contributed by atoms with Gasteiger partial charge < -0.3 is 14.7 Å². The molecule has 5 rings (SSSR count). The zero-order chi connectivity index (χ0) is 28.3. The van der Waals surface area contributed by atoms with Crippen molar-refractivity contribution in [2.75, 3.05) is 39.3 Å². The van der Waals surface area contributed by atoms with Crippen LogP contribution in [0.1, 0.15) is 44.1 Å². The summed E-state index contributed by atoms with van der Waals surface area (Å²) >= 11 is 0. The van der Waals surface area contributed by atoms with Crippen molar-refractivity contribution in [1.82, 2.24) is 19.4 Å². The summed E-state index contributed by atoms with van der Waals surface area (Å²) in [7, 11) is -3.56. The predicted molar refractivity (Wildman–Crippen MR) is 160 cm³/mol. The van der Waals surface area contributed by atoms with Gasteiger partial charge in [-0.05, 0) is 81.8 Å². The summed E-state index contributed by atoms with van der Waals surface area (Å²) in [4.78, 5) is 33.5. The van der Waals surface area contributed by atoms with Crippen molar-refractivity contribution in [3.63, 3.8) is 0 Å². The normalized spacial score (nSPS) is 24.5. The molecule has 2 aromatic rings. The summed E-state index contributed by atoms with van der Waals surface area (Å²) in [6, 6.07) is 15.3. The van der Waals surface area contributed by atoms with Gasteiger partial charge >= 0.3 is 0 Å². The van der Waals surface area contributed by atoms with Gasteiger partial charge in [-0.15, -0.1) is 17.4 Å². The molecular formula is C31H42N4O4S. The van der Waals surface area contributed by atoms with E-state index in [0.717, 1.165) is 55.7 Å². The molecule has 3 fully saturated rings. The molecule has 2 amide bonds. The maximum Gasteiger partial charge on any atom is 0.248 e. The molecule has 0 radical (unpaired) electrons. The summed E-state index contributed by atoms with van der Waals surface area (Å²) < 4.78 is 25.5. The topological polar surface area (TPSA) is 96.3 Å². The van der Waals surface area contributed by atoms with Crippen molar-refractivity contribution >= 4 is 22.6 Å². The van der Waals surface area contributed by atoms with Crippen molar-refractivity contribution in [2.24, 2.45) is 0 Å². The van der Waals surface area contributed by atoms with Gasteiger partial charge in [0.05, 0.1) is 11.4 Å². The van der Waals surface area contributed by atoms with Gasteiger partial charge in [-0.1, -0.05) is 48.0 Å². The van der Waals surface area contributed by atoms with Gasteiger partial charge in [0.2, 0.25) is 11.8 Å². The molecular weight excluding hydrogens is 524 g/mol. The Morgan fingerprint density at radius 1 is 1.05 bits per heavy atom. The summed E-state index contributed by atoms with van der Waals surface area (Å²) in [5.41, 5.74) is 1.55. The molecule has 40 heavy (non-hydrogen) atoms. The van der Waals surface area contributed by atoms with Crippen LogP contribution in [-0.2, 0) is 9.59 Å². The first-order chi connectivity index (χ1) is 19.2. The Bertz CT molecular complexity index is 1250. The van der Waals surface area contributed by atoms with Gasteiger partial charge in [0.15, 0.2) is 0 Å². The lowest BCUT2D eigenvalue weighted by atomic mass is 9.89. The monoisotopic (exact) mass is 566 g/mol. The number of aryl methyl sites for hydroxylation is 1. The number of piperidine rings is 1. The minimum Gasteiger partial charge on any atom is -0.337 e. The number of hydrogen-bond donors (Lipinski definition) is 3. The molecule has 2 aromatic carbocycles. The van der Waals surface area contributed by atoms with Crippen molar-refractivity contribution in [3.8, 4) is 11.1 Å². The lowest BCUT2D eigenvalue weighted by Crippen LogP contribution is -2.61. The molecule has 2 atom stereocenters. The van der Waals surface area contributed by atoms with Crippen molar-refractivity contribution in [2.45, 2.75) is 61.9 Å². The van der Waals surface area contributed by atoms with E-state index >= 15 is 0 Å². The quantitative estimate of drug-likeness (QED) is 0.374. The predicted octanol–water partition coefficient (Wildman–Crippen LogP) is 4.91. The summed E-state index contributed by atoms with van der Waals surface area (Å²) in [6.45, 7) is 10.2. The molecule has 0 unspecified atom stereocenters. The summed E-state index contributed by atoms with van der Waals surface area (Å²) in [6.07, 6.45) is 6.87. The zero-order valence-electron chi connectivity index (χ0n) is 23.4. The third-order valence-electron chi connectivity index (χ3n) is 8.55. The highest BCUT2D eigenvalue weighted by atomic mass is 32.3. The SMILES string of the molecule is C=C[C@]1(NS(O)(O)c2cccc(-c3cccc(C)c3)c2)CCCN(CC(=O)N2CCC[C@H]2CN2CCCC2)C1=O. The Morgan fingerprint density at radius 3 is 2.50 bits per heavy atom. The van der Waals surface area contributed by atoms with Crippen LogP contribution in [0.15, 0.2) is 66.1 Å². The molecule has 3 N–H and O–H groups in total. The lowest BCUT2D eigenvalue weighted by Gasteiger charge is -2.46. The second-order valence-electron chi connectivity index (χ2n) is 11.4. The second kappa shape index (κ2) is 12.0. The molecule has 0 aromatic heterocycles. The molecule has 3 aliphatic heterocycles. The lowest BCUT2D eigenvalue weighted by molar-refractivity contribution is -0.145. The number of nitrogens with one attached hydrogen (secondary N) is 1. The Balaban J connectivity index is 1.29. The molecule has 0 bridgehead atoms. The van der Waals surface area contributed by atoms with Crippen LogP contribution < -0.4 is 4.72 Å². The first-order valence-electron chi connectivity index (χ1n) is 14.4. The maximum atomic E-state index is 13.8. The van der Waals surface area contributed by atoms with Crippen LogP contribution in [0.4, 0.5) is 0 Å². The second-order valence-corrected chi connectivity index (χ2v) is 13.2. The fourth-order valence-electron chi connectivity index (χ4n) is 6.38. The van der Waals surface area contributed by atoms with Crippen LogP contribution in [-0.4, -0.2) is 86.5 Å². The van der Waals surface area contributed by atoms with Crippen molar-refractivity contribution in [3.05, 3.63) is 66.7 Å². The van der Waals surface area contributed by atoms with Gasteiger partial charge in [0.1, 0.15) is 5.54 Å². The minimum atomic E-state index is -3.56. The number of rotatable bonds is 9. The van der Waals surface area contributed by atoms with E-state index in [0.29, 0.717) is 24.3 Å². The van der Waals surface area contributed by atoms with E-state index < -0.39 is 16.3 Å². The van der Waals surface area contributed by atoms with Crippen molar-refractivity contribution < 1.29 is 18.7 Å². The van der Waals surface area contributed by atoms with Gasteiger partial charge in [0, 0.05) is 25.7 Å². The molecule has 3 aliphatic rings. The van der Waals surface area contributed by atoms with E-state index in [-0.39, 0.29) is 24.4 Å². The van der Waals surface area contributed by atoms with Crippen LogP contribution in [0.3, 0.4) is 0 Å². The number of benzene rings is 2. The number of likely N-dealkylation sites (tertiary alicyclic amines) is 3. The molecule has 9 heteroatoms. The van der Waals surface area contributed by atoms with Gasteiger partial charge in [-0.2, -0.15) is 4.72 Å². The van der Waals surface area contributed by atoms with E-state index in [4.69, 9.17) is 0 Å². The van der Waals surface area contributed by atoms with E-state index in [2.05, 4.69) is 16.2 Å². The van der Waals surface area contributed by atoms with Gasteiger partial charge in [0.25, 0.3) is 0 Å². The Hall–Kier alpha value is -2.69. The van der Waals surface area contributed by atoms with E-state index in [1.165, 1.54) is 18.9 Å². The fourth-order valence-corrected chi connectivity index (χ4v) is 7.84. The smallest absolute Gasteiger partial charge is 0.248 e. The standard InChI is InChI=1S/C31H42N4O4S/c1-3-31(32-40(38,39)28-14-7-12-26(21-28)25-11-6-10-24(2)20-25)15-9-18-34(30(31)37)23-29(36)35-19-8-13-27(35)22-33-16-4-5-17-33/h3,6-7,10-12,14,20-21,27,32,38-39H,1,4-5,8-9,13,15-19,22-23H2,2H3/t27-,31-/m0/s1. The molecule has 3 heterocycles. The Labute approximate surface area is 239 Å². The van der Waals surface area contributed by atoms with Gasteiger partial charge in [-0.3, -0.25) is 18.7 Å². The van der Waals surface area contributed by atoms with Crippen LogP contribution in [0.5, 0.6) is 0 Å². The molecule has 0 spiro atoms. The highest BCUT2D eigenvalue weighted by molar-refractivity contribution is 8.22. The summed E-state index contributed by atoms with van der Waals surface area (Å²) in [5, 5.41) is 0. The molecule has 0 aliphatic carbocycles. The molecule has 8 nitrogen and oxygen atoms in total. The van der Waals surface area contributed by atoms with E-state index in [9.17, 15) is 18.7 Å². The zero-order valence-corrected chi connectivity index (χ0v) is 24.2. The highest BCUT2D eigenvalue weighted by Crippen LogP contribution is 2.48. The number of carbonyl (C=O) groups is 2. The number of nitrogens with zero attached hydrogens (tertiary/aromatic N) is 3. The largest absolute Gasteiger partial charge is 0.337 e. The average Bonchev–Trinajstić information content (AvgIpc) is 3.64. The molecule has 0 saturated carbocycles. The highest BCUT2D eigenvalue weighted by Gasteiger charge is 2.46. The Kier molecular flexibility index (Phi) is 8.68. The van der Waals surface area contributed by atoms with Crippen LogP contribution >= 0.6 is 10.8 Å². The van der Waals surface area contributed by atoms with E-state index in [1.807, 2.05) is 42.2 Å². The molecule has 216 valence electrons. The third kappa shape index (κ3) is 6.14. The summed E-state index contributed by atoms with van der Waals surface area (Å²) in [5.74, 6) is -0.375. The van der Waals surface area contributed by atoms with Crippen LogP contribution in [0.25, 0.3) is 11.1 Å². The first kappa shape index (κ1) is 28.8. The minimum absolute atomic E-state index is 0.00532. The molecule has 3 saturated heterocycles. The Morgan fingerprint density at radius 2 is 1.77 bits per heavy atom. The average molecular weight is 567 g/mol. The first-order valence-corrected chi connectivity index (χ1v) is 15.9. The fraction of sp³-hybridized carbons (Fsp3) is 0.484.